The maximum atomic E-state index is 11.8. The molecule has 0 aliphatic carbocycles. The van der Waals surface area contributed by atoms with Crippen molar-refractivity contribution in [2.24, 2.45) is 0 Å². The lowest BCUT2D eigenvalue weighted by Gasteiger charge is -2.01. The Hall–Kier alpha value is -1.86. The molecule has 0 saturated carbocycles. The van der Waals surface area contributed by atoms with Gasteiger partial charge in [0.2, 0.25) is 0 Å². The van der Waals surface area contributed by atoms with E-state index in [2.05, 4.69) is 20.4 Å². The quantitative estimate of drug-likeness (QED) is 0.879. The summed E-state index contributed by atoms with van der Waals surface area (Å²) in [6.07, 6.45) is 3.89. The van der Waals surface area contributed by atoms with E-state index in [-0.39, 0.29) is 12.0 Å². The summed E-state index contributed by atoms with van der Waals surface area (Å²) in [6.45, 7) is 1.15. The maximum absolute atomic E-state index is 11.8. The van der Waals surface area contributed by atoms with Crippen molar-refractivity contribution in [1.29, 1.82) is 0 Å². The smallest absolute Gasteiger partial charge is 0.267 e. The van der Waals surface area contributed by atoms with Crippen LogP contribution in [0.2, 0.25) is 5.02 Å². The molecule has 3 rings (SSSR count). The Labute approximate surface area is 126 Å². The first-order valence-corrected chi connectivity index (χ1v) is 7.16. The number of aromatic amines is 1. The Morgan fingerprint density at radius 3 is 3.19 bits per heavy atom. The fourth-order valence-electron chi connectivity index (χ4n) is 2.15. The second-order valence-electron chi connectivity index (χ2n) is 4.79. The Kier molecular flexibility index (Phi) is 4.21. The van der Waals surface area contributed by atoms with E-state index in [1.165, 1.54) is 0 Å². The zero-order valence-corrected chi connectivity index (χ0v) is 12.0. The summed E-state index contributed by atoms with van der Waals surface area (Å²) in [5.41, 5.74) is 0.424. The van der Waals surface area contributed by atoms with Crippen LogP contribution in [0.25, 0.3) is 0 Å². The van der Waals surface area contributed by atoms with E-state index in [1.54, 1.807) is 12.3 Å². The molecular formula is C13H15ClN4O3. The highest BCUT2D eigenvalue weighted by molar-refractivity contribution is 6.30. The van der Waals surface area contributed by atoms with Crippen LogP contribution in [0.5, 0.6) is 0 Å². The third-order valence-electron chi connectivity index (χ3n) is 3.22. The summed E-state index contributed by atoms with van der Waals surface area (Å²) in [5.74, 6) is 0.861. The van der Waals surface area contributed by atoms with E-state index in [0.717, 1.165) is 19.4 Å². The van der Waals surface area contributed by atoms with Crippen molar-refractivity contribution in [2.75, 3.05) is 13.2 Å². The van der Waals surface area contributed by atoms with Gasteiger partial charge >= 0.3 is 0 Å². The van der Waals surface area contributed by atoms with E-state index in [1.807, 2.05) is 0 Å². The number of H-pyrrole nitrogens is 1. The van der Waals surface area contributed by atoms with Gasteiger partial charge in [0.1, 0.15) is 11.8 Å². The fraction of sp³-hybridized carbons (Fsp3) is 0.462. The SMILES string of the molecule is O=C(NCCc1noc(C2CCCO2)n1)c1cc(Cl)c[nH]1. The molecule has 1 saturated heterocycles. The fourth-order valence-corrected chi connectivity index (χ4v) is 2.32. The number of rotatable bonds is 5. The van der Waals surface area contributed by atoms with E-state index < -0.39 is 0 Å². The highest BCUT2D eigenvalue weighted by Gasteiger charge is 2.23. The van der Waals surface area contributed by atoms with Crippen LogP contribution in [-0.4, -0.2) is 34.2 Å². The van der Waals surface area contributed by atoms with Gasteiger partial charge in [-0.15, -0.1) is 0 Å². The first kappa shape index (κ1) is 14.1. The predicted molar refractivity (Wildman–Crippen MR) is 74.1 cm³/mol. The molecular weight excluding hydrogens is 296 g/mol. The van der Waals surface area contributed by atoms with Crippen LogP contribution in [0.3, 0.4) is 0 Å². The van der Waals surface area contributed by atoms with Crippen molar-refractivity contribution in [1.82, 2.24) is 20.4 Å². The Bertz CT molecular complexity index is 618. The standard InChI is InChI=1S/C13H15ClN4O3/c14-8-6-9(16-7-8)12(19)15-4-3-11-17-13(21-18-11)10-2-1-5-20-10/h6-7,10,16H,1-5H2,(H,15,19). The van der Waals surface area contributed by atoms with Gasteiger partial charge in [-0.3, -0.25) is 4.79 Å². The minimum absolute atomic E-state index is 0.0816. The molecule has 1 fully saturated rings. The lowest BCUT2D eigenvalue weighted by atomic mass is 10.2. The second kappa shape index (κ2) is 6.28. The highest BCUT2D eigenvalue weighted by Crippen LogP contribution is 2.26. The molecule has 1 atom stereocenters. The largest absolute Gasteiger partial charge is 0.368 e. The van der Waals surface area contributed by atoms with Crippen molar-refractivity contribution in [3.8, 4) is 0 Å². The van der Waals surface area contributed by atoms with Gasteiger partial charge in [0.15, 0.2) is 5.82 Å². The number of nitrogens with one attached hydrogen (secondary N) is 2. The third-order valence-corrected chi connectivity index (χ3v) is 3.43. The van der Waals surface area contributed by atoms with Gasteiger partial charge in [0.25, 0.3) is 11.8 Å². The number of halogens is 1. The molecule has 8 heteroatoms. The normalized spacial score (nSPS) is 18.0. The number of carbonyl (C=O) groups excluding carboxylic acids is 1. The summed E-state index contributed by atoms with van der Waals surface area (Å²) < 4.78 is 10.6. The number of aromatic nitrogens is 3. The molecule has 0 aromatic carbocycles. The van der Waals surface area contributed by atoms with Gasteiger partial charge < -0.3 is 19.6 Å². The molecule has 112 valence electrons. The van der Waals surface area contributed by atoms with Gasteiger partial charge in [-0.05, 0) is 18.9 Å². The Balaban J connectivity index is 1.48. The molecule has 0 spiro atoms. The predicted octanol–water partition coefficient (Wildman–Crippen LogP) is 1.88. The van der Waals surface area contributed by atoms with Crippen LogP contribution in [0.15, 0.2) is 16.8 Å². The molecule has 2 aromatic rings. The molecule has 2 N–H and O–H groups in total. The average Bonchev–Trinajstić information content (AvgIpc) is 3.19. The lowest BCUT2D eigenvalue weighted by Crippen LogP contribution is -2.26. The highest BCUT2D eigenvalue weighted by atomic mass is 35.5. The first-order chi connectivity index (χ1) is 10.2. The van der Waals surface area contributed by atoms with Gasteiger partial charge in [0.05, 0.1) is 5.02 Å². The minimum atomic E-state index is -0.218. The molecule has 1 unspecified atom stereocenters. The van der Waals surface area contributed by atoms with Crippen LogP contribution in [-0.2, 0) is 11.2 Å². The topological polar surface area (TPSA) is 93.0 Å². The van der Waals surface area contributed by atoms with Crippen LogP contribution in [0.4, 0.5) is 0 Å². The van der Waals surface area contributed by atoms with Crippen LogP contribution in [0.1, 0.15) is 41.1 Å². The monoisotopic (exact) mass is 310 g/mol. The summed E-state index contributed by atoms with van der Waals surface area (Å²) >= 11 is 5.74. The van der Waals surface area contributed by atoms with E-state index in [4.69, 9.17) is 20.9 Å². The lowest BCUT2D eigenvalue weighted by molar-refractivity contribution is 0.0835. The maximum Gasteiger partial charge on any atom is 0.267 e. The number of hydrogen-bond donors (Lipinski definition) is 2. The van der Waals surface area contributed by atoms with Crippen LogP contribution >= 0.6 is 11.6 Å². The van der Waals surface area contributed by atoms with E-state index in [9.17, 15) is 4.79 Å². The summed E-state index contributed by atoms with van der Waals surface area (Å²) in [4.78, 5) is 18.8. The van der Waals surface area contributed by atoms with Gasteiger partial charge in [-0.1, -0.05) is 16.8 Å². The molecule has 0 radical (unpaired) electrons. The molecule has 2 aromatic heterocycles. The number of carbonyl (C=O) groups is 1. The van der Waals surface area contributed by atoms with Crippen LogP contribution < -0.4 is 5.32 Å². The number of nitrogens with zero attached hydrogens (tertiary/aromatic N) is 2. The van der Waals surface area contributed by atoms with Gasteiger partial charge in [-0.25, -0.2) is 0 Å². The molecule has 21 heavy (non-hydrogen) atoms. The number of amides is 1. The zero-order valence-electron chi connectivity index (χ0n) is 11.3. The second-order valence-corrected chi connectivity index (χ2v) is 5.22. The van der Waals surface area contributed by atoms with E-state index in [0.29, 0.717) is 35.4 Å². The zero-order chi connectivity index (χ0) is 14.7. The van der Waals surface area contributed by atoms with Crippen molar-refractivity contribution in [3.05, 3.63) is 34.7 Å². The molecule has 1 amide bonds. The van der Waals surface area contributed by atoms with Crippen molar-refractivity contribution < 1.29 is 14.1 Å². The summed E-state index contributed by atoms with van der Waals surface area (Å²) in [5, 5.41) is 7.15. The molecule has 7 nitrogen and oxygen atoms in total. The summed E-state index contributed by atoms with van der Waals surface area (Å²) in [7, 11) is 0. The van der Waals surface area contributed by atoms with Gasteiger partial charge in [0, 0.05) is 25.8 Å². The number of hydrogen-bond acceptors (Lipinski definition) is 5. The molecule has 1 aliphatic rings. The van der Waals surface area contributed by atoms with Crippen molar-refractivity contribution >= 4 is 17.5 Å². The number of ether oxygens (including phenoxy) is 1. The third kappa shape index (κ3) is 3.43. The minimum Gasteiger partial charge on any atom is -0.368 e. The average molecular weight is 311 g/mol. The van der Waals surface area contributed by atoms with Gasteiger partial charge in [-0.2, -0.15) is 4.98 Å². The van der Waals surface area contributed by atoms with Crippen molar-refractivity contribution in [2.45, 2.75) is 25.4 Å². The van der Waals surface area contributed by atoms with Crippen LogP contribution in [0, 0.1) is 0 Å². The van der Waals surface area contributed by atoms with Crippen molar-refractivity contribution in [3.63, 3.8) is 0 Å². The molecule has 0 bridgehead atoms. The Morgan fingerprint density at radius 2 is 2.48 bits per heavy atom. The molecule has 1 aliphatic heterocycles. The first-order valence-electron chi connectivity index (χ1n) is 6.78. The summed E-state index contributed by atoms with van der Waals surface area (Å²) in [6, 6.07) is 1.57. The Morgan fingerprint density at radius 1 is 1.57 bits per heavy atom. The molecule has 3 heterocycles. The van der Waals surface area contributed by atoms with E-state index >= 15 is 0 Å².